The largest absolute Gasteiger partial charge is 0.379 e. The molecule has 0 aliphatic carbocycles. The standard InChI is InChI=1S/C42H45N11O3S/c43-19-27-17-31-7-9-38(53(31)45-20-27)37-18-36(46-29-13-16-56-25-29)35(21-44-37)41-48-49-42(57-41)51-23-32-5-6-33(24-51)52(32)22-26-11-14-50(15-12-26)30-3-1-28(2-4-30)34-8-10-39(54)47-40(34)55/h1-4,7,9,17-18,20-21,26,29,32-34H,5-6,8,10-16,22-25H2,(H,44,46)(H,47,54,55)/t29-,32?,33?,34+/m1/s1. The van der Waals surface area contributed by atoms with Crippen molar-refractivity contribution in [1.29, 1.82) is 5.26 Å². The molecule has 0 spiro atoms. The van der Waals surface area contributed by atoms with Gasteiger partial charge in [0.25, 0.3) is 0 Å². The maximum absolute atomic E-state index is 12.4. The monoisotopic (exact) mass is 783 g/mol. The van der Waals surface area contributed by atoms with Gasteiger partial charge in [-0.3, -0.25) is 24.8 Å². The summed E-state index contributed by atoms with van der Waals surface area (Å²) in [6.45, 7) is 6.54. The summed E-state index contributed by atoms with van der Waals surface area (Å²) >= 11 is 1.64. The van der Waals surface area contributed by atoms with Crippen molar-refractivity contribution in [2.45, 2.75) is 69.0 Å². The Morgan fingerprint density at radius 2 is 1.75 bits per heavy atom. The number of aromatic nitrogens is 5. The zero-order valence-electron chi connectivity index (χ0n) is 31.7. The Bertz CT molecular complexity index is 2330. The van der Waals surface area contributed by atoms with Gasteiger partial charge in [0, 0.05) is 75.4 Å². The molecule has 2 bridgehead atoms. The summed E-state index contributed by atoms with van der Waals surface area (Å²) in [6, 6.07) is 19.6. The van der Waals surface area contributed by atoms with Crippen LogP contribution in [0.3, 0.4) is 0 Å². The number of benzene rings is 1. The number of carbonyl (C=O) groups excluding carboxylic acids is 2. The molecule has 5 aliphatic rings. The molecule has 0 radical (unpaired) electrons. The molecule has 0 saturated carbocycles. The third kappa shape index (κ3) is 7.11. The van der Waals surface area contributed by atoms with Crippen LogP contribution in [-0.2, 0) is 14.3 Å². The van der Waals surface area contributed by atoms with Gasteiger partial charge in [-0.2, -0.15) is 10.4 Å². The quantitative estimate of drug-likeness (QED) is 0.192. The summed E-state index contributed by atoms with van der Waals surface area (Å²) in [5, 5.41) is 31.3. The highest BCUT2D eigenvalue weighted by Gasteiger charge is 2.42. The summed E-state index contributed by atoms with van der Waals surface area (Å²) in [6.07, 6.45) is 10.2. The average molecular weight is 784 g/mol. The molecule has 5 saturated heterocycles. The van der Waals surface area contributed by atoms with Crippen molar-refractivity contribution in [3.05, 3.63) is 72.1 Å². The van der Waals surface area contributed by atoms with Crippen LogP contribution in [0.5, 0.6) is 0 Å². The zero-order valence-corrected chi connectivity index (χ0v) is 32.5. The van der Waals surface area contributed by atoms with E-state index in [4.69, 9.17) is 19.9 Å². The number of hydrogen-bond acceptors (Lipinski definition) is 13. The number of nitrogens with zero attached hydrogens (tertiary/aromatic N) is 9. The number of anilines is 3. The fourth-order valence-corrected chi connectivity index (χ4v) is 10.4. The lowest BCUT2D eigenvalue weighted by Crippen LogP contribution is -2.55. The third-order valence-corrected chi connectivity index (χ3v) is 13.6. The Labute approximate surface area is 334 Å². The van der Waals surface area contributed by atoms with Crippen molar-refractivity contribution in [1.82, 2.24) is 35.0 Å². The van der Waals surface area contributed by atoms with E-state index in [1.165, 1.54) is 31.4 Å². The number of nitriles is 1. The molecule has 5 aliphatic heterocycles. The SMILES string of the molecule is N#Cc1cnn2c(-c3cc(N[C@@H]4CCOC4)c(-c4nnc(N5CC6CCC(C5)N6CC5CCN(c6ccc([C@@H]7CCC(=O)NC7=O)cc6)CC5)s4)cn3)ccc2c1. The lowest BCUT2D eigenvalue weighted by atomic mass is 9.90. The maximum atomic E-state index is 12.4. The minimum Gasteiger partial charge on any atom is -0.379 e. The van der Waals surface area contributed by atoms with Crippen LogP contribution in [0.25, 0.3) is 27.5 Å². The highest BCUT2D eigenvalue weighted by Crippen LogP contribution is 2.40. The Hall–Kier alpha value is -5.43. The highest BCUT2D eigenvalue weighted by atomic mass is 32.1. The van der Waals surface area contributed by atoms with Crippen LogP contribution >= 0.6 is 11.3 Å². The first kappa shape index (κ1) is 35.9. The second-order valence-electron chi connectivity index (χ2n) is 16.1. The van der Waals surface area contributed by atoms with Crippen LogP contribution < -0.4 is 20.4 Å². The van der Waals surface area contributed by atoms with E-state index in [1.54, 1.807) is 17.5 Å². The molecule has 1 aromatic carbocycles. The van der Waals surface area contributed by atoms with Gasteiger partial charge >= 0.3 is 0 Å². The first-order valence-electron chi connectivity index (χ1n) is 20.2. The van der Waals surface area contributed by atoms with Crippen LogP contribution in [0.4, 0.5) is 16.5 Å². The molecule has 10 rings (SSSR count). The molecule has 2 unspecified atom stereocenters. The normalized spacial score (nSPS) is 24.3. The molecule has 4 atom stereocenters. The summed E-state index contributed by atoms with van der Waals surface area (Å²) < 4.78 is 7.52. The van der Waals surface area contributed by atoms with Gasteiger partial charge in [-0.15, -0.1) is 10.2 Å². The maximum Gasteiger partial charge on any atom is 0.234 e. The first-order valence-corrected chi connectivity index (χ1v) is 21.0. The fraction of sp³-hybridized carbons (Fsp3) is 0.452. The van der Waals surface area contributed by atoms with Crippen molar-refractivity contribution >= 4 is 45.2 Å². The van der Waals surface area contributed by atoms with E-state index in [2.05, 4.69) is 66.8 Å². The van der Waals surface area contributed by atoms with Crippen molar-refractivity contribution in [3.8, 4) is 28.0 Å². The molecular weight excluding hydrogens is 739 g/mol. The van der Waals surface area contributed by atoms with E-state index in [0.29, 0.717) is 43.0 Å². The molecule has 14 nitrogen and oxygen atoms in total. The number of amides is 2. The van der Waals surface area contributed by atoms with Crippen molar-refractivity contribution in [2.75, 3.05) is 61.1 Å². The van der Waals surface area contributed by atoms with Gasteiger partial charge < -0.3 is 19.9 Å². The van der Waals surface area contributed by atoms with Crippen LogP contribution in [-0.4, -0.2) is 106 Å². The molecule has 57 heavy (non-hydrogen) atoms. The number of ether oxygens (including phenoxy) is 1. The highest BCUT2D eigenvalue weighted by molar-refractivity contribution is 7.18. The van der Waals surface area contributed by atoms with E-state index >= 15 is 0 Å². The summed E-state index contributed by atoms with van der Waals surface area (Å²) in [4.78, 5) is 36.6. The molecule has 15 heteroatoms. The first-order chi connectivity index (χ1) is 28.0. The number of piperazine rings is 1. The van der Waals surface area contributed by atoms with Crippen LogP contribution in [0, 0.1) is 17.2 Å². The van der Waals surface area contributed by atoms with Crippen LogP contribution in [0.15, 0.2) is 60.9 Å². The summed E-state index contributed by atoms with van der Waals surface area (Å²) in [5.74, 6) is 0.0743. The van der Waals surface area contributed by atoms with E-state index in [-0.39, 0.29) is 23.8 Å². The molecule has 5 aromatic rings. The fourth-order valence-electron chi connectivity index (χ4n) is 9.51. The van der Waals surface area contributed by atoms with Crippen LogP contribution in [0.1, 0.15) is 62.0 Å². The third-order valence-electron chi connectivity index (χ3n) is 12.6. The molecule has 2 N–H and O–H groups in total. The molecule has 292 valence electrons. The average Bonchev–Trinajstić information content (AvgIpc) is 4.06. The minimum absolute atomic E-state index is 0.175. The van der Waals surface area contributed by atoms with E-state index < -0.39 is 0 Å². The van der Waals surface area contributed by atoms with Gasteiger partial charge in [-0.05, 0) is 86.4 Å². The van der Waals surface area contributed by atoms with E-state index in [1.807, 2.05) is 28.9 Å². The lowest BCUT2D eigenvalue weighted by Gasteiger charge is -2.43. The second-order valence-corrected chi connectivity index (χ2v) is 17.1. The van der Waals surface area contributed by atoms with Crippen molar-refractivity contribution in [3.63, 3.8) is 0 Å². The lowest BCUT2D eigenvalue weighted by molar-refractivity contribution is -0.134. The smallest absolute Gasteiger partial charge is 0.234 e. The van der Waals surface area contributed by atoms with E-state index in [0.717, 1.165) is 89.6 Å². The number of rotatable bonds is 9. The summed E-state index contributed by atoms with van der Waals surface area (Å²) in [7, 11) is 0. The predicted molar refractivity (Wildman–Crippen MR) is 217 cm³/mol. The second kappa shape index (κ2) is 15.1. The predicted octanol–water partition coefficient (Wildman–Crippen LogP) is 5.08. The number of fused-ring (bicyclic) bond motifs is 3. The molecule has 4 aromatic heterocycles. The van der Waals surface area contributed by atoms with Gasteiger partial charge in [0.05, 0.1) is 52.8 Å². The van der Waals surface area contributed by atoms with E-state index in [9.17, 15) is 14.9 Å². The number of pyridine rings is 1. The Morgan fingerprint density at radius 3 is 2.51 bits per heavy atom. The number of carbonyl (C=O) groups is 2. The topological polar surface area (TPSA) is 157 Å². The Morgan fingerprint density at radius 1 is 0.930 bits per heavy atom. The molecule has 2 amide bonds. The number of imide groups is 1. The summed E-state index contributed by atoms with van der Waals surface area (Å²) in [5.41, 5.74) is 7.05. The molecular formula is C42H45N11O3S. The molecule has 9 heterocycles. The molecule has 5 fully saturated rings. The van der Waals surface area contributed by atoms with Gasteiger partial charge in [0.15, 0.2) is 5.01 Å². The number of hydrogen-bond donors (Lipinski definition) is 2. The number of nitrogens with one attached hydrogen (secondary N) is 2. The minimum atomic E-state index is -0.243. The number of piperidine rings is 2. The zero-order chi connectivity index (χ0) is 38.5. The van der Waals surface area contributed by atoms with Crippen molar-refractivity contribution < 1.29 is 14.3 Å². The van der Waals surface area contributed by atoms with Gasteiger partial charge in [-0.1, -0.05) is 23.5 Å². The van der Waals surface area contributed by atoms with Gasteiger partial charge in [0.2, 0.25) is 16.9 Å². The Kier molecular flexibility index (Phi) is 9.55. The van der Waals surface area contributed by atoms with Gasteiger partial charge in [0.1, 0.15) is 6.07 Å². The van der Waals surface area contributed by atoms with Crippen molar-refractivity contribution in [2.24, 2.45) is 5.92 Å². The van der Waals surface area contributed by atoms with Crippen LogP contribution in [0.2, 0.25) is 0 Å². The van der Waals surface area contributed by atoms with Gasteiger partial charge in [-0.25, -0.2) is 4.52 Å². The Balaban J connectivity index is 0.786.